The van der Waals surface area contributed by atoms with Crippen LogP contribution in [-0.4, -0.2) is 36.9 Å². The van der Waals surface area contributed by atoms with Gasteiger partial charge in [-0.15, -0.1) is 10.2 Å². The smallest absolute Gasteiger partial charge is 0.267 e. The average Bonchev–Trinajstić information content (AvgIpc) is 3.44. The summed E-state index contributed by atoms with van der Waals surface area (Å²) in [7, 11) is 0. The zero-order valence-corrected chi connectivity index (χ0v) is 19.0. The van der Waals surface area contributed by atoms with Gasteiger partial charge in [-0.1, -0.05) is 54.9 Å². The maximum atomic E-state index is 13.5. The van der Waals surface area contributed by atoms with Gasteiger partial charge in [-0.2, -0.15) is 0 Å². The highest BCUT2D eigenvalue weighted by molar-refractivity contribution is 7.99. The second kappa shape index (κ2) is 8.43. The van der Waals surface area contributed by atoms with E-state index in [2.05, 4.69) is 15.5 Å². The Bertz CT molecular complexity index is 1360. The van der Waals surface area contributed by atoms with Gasteiger partial charge in [-0.3, -0.25) is 14.0 Å². The van der Waals surface area contributed by atoms with E-state index in [0.717, 1.165) is 35.2 Å². The molecule has 0 atom stereocenters. The number of rotatable bonds is 5. The Hall–Kier alpha value is -3.13. The molecule has 1 fully saturated rings. The standard InChI is InChI=1S/C24H25N5O2S/c1-15-8-7-9-16(2)21(15)29-22(31)18-12-5-6-13-19(18)28-23(29)26-27-24(28)32-14-20(30)25-17-10-3-4-11-17/h5-9,12-13,17H,3-4,10-11,14H2,1-2H3,(H,25,30). The normalized spacial score (nSPS) is 14.4. The summed E-state index contributed by atoms with van der Waals surface area (Å²) in [5.41, 5.74) is 3.39. The number of benzene rings is 2. The van der Waals surface area contributed by atoms with Crippen molar-refractivity contribution < 1.29 is 4.79 Å². The van der Waals surface area contributed by atoms with Gasteiger partial charge in [0.05, 0.1) is 22.3 Å². The van der Waals surface area contributed by atoms with Crippen LogP contribution in [0, 0.1) is 13.8 Å². The summed E-state index contributed by atoms with van der Waals surface area (Å²) in [5.74, 6) is 0.713. The Morgan fingerprint density at radius 3 is 2.53 bits per heavy atom. The van der Waals surface area contributed by atoms with Crippen molar-refractivity contribution in [2.24, 2.45) is 0 Å². The SMILES string of the molecule is Cc1cccc(C)c1-n1c(=O)c2ccccc2n2c(SCC(=O)NC3CCCC3)nnc12. The summed E-state index contributed by atoms with van der Waals surface area (Å²) in [6, 6.07) is 13.7. The van der Waals surface area contributed by atoms with Gasteiger partial charge in [0, 0.05) is 6.04 Å². The van der Waals surface area contributed by atoms with Gasteiger partial charge in [-0.05, 0) is 49.9 Å². The number of amides is 1. The van der Waals surface area contributed by atoms with Gasteiger partial charge in [0.25, 0.3) is 5.56 Å². The average molecular weight is 448 g/mol. The van der Waals surface area contributed by atoms with Crippen molar-refractivity contribution >= 4 is 34.3 Å². The van der Waals surface area contributed by atoms with Gasteiger partial charge < -0.3 is 5.32 Å². The van der Waals surface area contributed by atoms with Crippen molar-refractivity contribution in [2.45, 2.75) is 50.7 Å². The quantitative estimate of drug-likeness (QED) is 0.471. The number of hydrogen-bond donors (Lipinski definition) is 1. The fourth-order valence-corrected chi connectivity index (χ4v) is 5.35. The third-order valence-corrected chi connectivity index (χ3v) is 7.04. The molecule has 1 aliphatic rings. The molecule has 4 aromatic rings. The lowest BCUT2D eigenvalue weighted by molar-refractivity contribution is -0.119. The van der Waals surface area contributed by atoms with Crippen molar-refractivity contribution in [2.75, 3.05) is 5.75 Å². The Morgan fingerprint density at radius 1 is 1.06 bits per heavy atom. The van der Waals surface area contributed by atoms with Crippen molar-refractivity contribution in [3.8, 4) is 5.69 Å². The van der Waals surface area contributed by atoms with E-state index < -0.39 is 0 Å². The zero-order chi connectivity index (χ0) is 22.2. The molecule has 2 aromatic carbocycles. The lowest BCUT2D eigenvalue weighted by Gasteiger charge is -2.15. The van der Waals surface area contributed by atoms with Crippen LogP contribution in [0.3, 0.4) is 0 Å². The van der Waals surface area contributed by atoms with Crippen LogP contribution in [0.2, 0.25) is 0 Å². The van der Waals surface area contributed by atoms with Gasteiger partial charge in [0.2, 0.25) is 11.7 Å². The summed E-state index contributed by atoms with van der Waals surface area (Å²) in [6.45, 7) is 3.97. The number of aromatic nitrogens is 4. The Kier molecular flexibility index (Phi) is 5.46. The van der Waals surface area contributed by atoms with Crippen molar-refractivity contribution in [3.05, 3.63) is 63.9 Å². The molecule has 1 amide bonds. The fourth-order valence-electron chi connectivity index (χ4n) is 4.60. The van der Waals surface area contributed by atoms with Gasteiger partial charge in [0.15, 0.2) is 5.16 Å². The van der Waals surface area contributed by atoms with Gasteiger partial charge in [0.1, 0.15) is 0 Å². The summed E-state index contributed by atoms with van der Waals surface area (Å²) in [4.78, 5) is 26.0. The summed E-state index contributed by atoms with van der Waals surface area (Å²) < 4.78 is 3.53. The molecule has 0 bridgehead atoms. The number of carbonyl (C=O) groups excluding carboxylic acids is 1. The monoisotopic (exact) mass is 447 g/mol. The van der Waals surface area contributed by atoms with Crippen LogP contribution in [0.5, 0.6) is 0 Å². The van der Waals surface area contributed by atoms with E-state index in [9.17, 15) is 9.59 Å². The Morgan fingerprint density at radius 2 is 1.78 bits per heavy atom. The van der Waals surface area contributed by atoms with Crippen LogP contribution in [0.25, 0.3) is 22.4 Å². The van der Waals surface area contributed by atoms with E-state index in [0.29, 0.717) is 16.3 Å². The highest BCUT2D eigenvalue weighted by Crippen LogP contribution is 2.26. The van der Waals surface area contributed by atoms with E-state index in [-0.39, 0.29) is 23.3 Å². The first-order valence-corrected chi connectivity index (χ1v) is 11.9. The van der Waals surface area contributed by atoms with E-state index in [1.165, 1.54) is 24.6 Å². The molecule has 164 valence electrons. The second-order valence-corrected chi connectivity index (χ2v) is 9.30. The zero-order valence-electron chi connectivity index (χ0n) is 18.2. The molecule has 32 heavy (non-hydrogen) atoms. The molecular formula is C24H25N5O2S. The number of nitrogens with zero attached hydrogens (tertiary/aromatic N) is 4. The Balaban J connectivity index is 1.62. The molecule has 0 unspecified atom stereocenters. The first kappa shape index (κ1) is 20.8. The molecule has 1 aliphatic carbocycles. The molecule has 2 aromatic heterocycles. The summed E-state index contributed by atoms with van der Waals surface area (Å²) in [6.07, 6.45) is 4.46. The van der Waals surface area contributed by atoms with Crippen LogP contribution in [-0.2, 0) is 4.79 Å². The molecule has 7 nitrogen and oxygen atoms in total. The van der Waals surface area contributed by atoms with Crippen molar-refractivity contribution in [1.82, 2.24) is 24.5 Å². The maximum Gasteiger partial charge on any atom is 0.267 e. The summed E-state index contributed by atoms with van der Waals surface area (Å²) >= 11 is 1.34. The highest BCUT2D eigenvalue weighted by atomic mass is 32.2. The predicted molar refractivity (Wildman–Crippen MR) is 127 cm³/mol. The van der Waals surface area contributed by atoms with E-state index in [1.54, 1.807) is 4.57 Å². The number of aryl methyl sites for hydroxylation is 2. The first-order chi connectivity index (χ1) is 15.5. The van der Waals surface area contributed by atoms with Crippen LogP contribution >= 0.6 is 11.8 Å². The van der Waals surface area contributed by atoms with Crippen LogP contribution in [0.1, 0.15) is 36.8 Å². The number of nitrogens with one attached hydrogen (secondary N) is 1. The molecule has 1 saturated carbocycles. The largest absolute Gasteiger partial charge is 0.353 e. The first-order valence-electron chi connectivity index (χ1n) is 10.9. The molecule has 0 radical (unpaired) electrons. The number of fused-ring (bicyclic) bond motifs is 3. The molecular weight excluding hydrogens is 422 g/mol. The molecule has 1 N–H and O–H groups in total. The predicted octanol–water partition coefficient (Wildman–Crippen LogP) is 3.80. The van der Waals surface area contributed by atoms with Crippen LogP contribution in [0.4, 0.5) is 0 Å². The minimum Gasteiger partial charge on any atom is -0.353 e. The number of thioether (sulfide) groups is 1. The Labute approximate surface area is 189 Å². The lowest BCUT2D eigenvalue weighted by Crippen LogP contribution is -2.33. The topological polar surface area (TPSA) is 81.3 Å². The molecule has 2 heterocycles. The number of carbonyl (C=O) groups is 1. The molecule has 0 spiro atoms. The van der Waals surface area contributed by atoms with Crippen molar-refractivity contribution in [3.63, 3.8) is 0 Å². The maximum absolute atomic E-state index is 13.5. The second-order valence-electron chi connectivity index (χ2n) is 8.35. The van der Waals surface area contributed by atoms with Crippen molar-refractivity contribution in [1.29, 1.82) is 0 Å². The molecule has 5 rings (SSSR count). The molecule has 8 heteroatoms. The minimum atomic E-state index is -0.131. The van der Waals surface area contributed by atoms with E-state index in [4.69, 9.17) is 0 Å². The van der Waals surface area contributed by atoms with Crippen LogP contribution in [0.15, 0.2) is 52.4 Å². The van der Waals surface area contributed by atoms with Gasteiger partial charge in [-0.25, -0.2) is 4.57 Å². The third kappa shape index (κ3) is 3.58. The summed E-state index contributed by atoms with van der Waals surface area (Å²) in [5, 5.41) is 13.1. The fraction of sp³-hybridized carbons (Fsp3) is 0.333. The molecule has 0 saturated heterocycles. The number of hydrogen-bond acceptors (Lipinski definition) is 5. The molecule has 0 aliphatic heterocycles. The minimum absolute atomic E-state index is 0.00558. The van der Waals surface area contributed by atoms with E-state index >= 15 is 0 Å². The number of para-hydroxylation sites is 2. The van der Waals surface area contributed by atoms with Gasteiger partial charge >= 0.3 is 0 Å². The third-order valence-electron chi connectivity index (χ3n) is 6.11. The lowest BCUT2D eigenvalue weighted by atomic mass is 10.1. The highest BCUT2D eigenvalue weighted by Gasteiger charge is 2.21. The van der Waals surface area contributed by atoms with Crippen LogP contribution < -0.4 is 10.9 Å². The van der Waals surface area contributed by atoms with E-state index in [1.807, 2.05) is 60.7 Å².